The summed E-state index contributed by atoms with van der Waals surface area (Å²) in [7, 11) is 0. The van der Waals surface area contributed by atoms with Crippen LogP contribution in [0.4, 0.5) is 0 Å². The van der Waals surface area contributed by atoms with Crippen molar-refractivity contribution in [2.45, 2.75) is 24.9 Å². The Labute approximate surface area is 127 Å². The maximum absolute atomic E-state index is 10.8. The average Bonchev–Trinajstić information content (AvgIpc) is 2.89. The molecule has 0 atom stereocenters. The van der Waals surface area contributed by atoms with Gasteiger partial charge in [0.1, 0.15) is 0 Å². The van der Waals surface area contributed by atoms with E-state index in [4.69, 9.17) is 10.4 Å². The fraction of sp³-hybridized carbons (Fsp3) is 0.267. The molecule has 0 fully saturated rings. The summed E-state index contributed by atoms with van der Waals surface area (Å²) < 4.78 is 1.92. The number of thioether (sulfide) groups is 1. The molecule has 0 bridgehead atoms. The fourth-order valence-electron chi connectivity index (χ4n) is 1.96. The van der Waals surface area contributed by atoms with Crippen molar-refractivity contribution in [1.82, 2.24) is 9.55 Å². The van der Waals surface area contributed by atoms with Gasteiger partial charge in [0.2, 0.25) is 0 Å². The van der Waals surface area contributed by atoms with Crippen LogP contribution in [0.5, 0.6) is 0 Å². The van der Waals surface area contributed by atoms with Gasteiger partial charge in [0.15, 0.2) is 5.16 Å². The lowest BCUT2D eigenvalue weighted by atomic mass is 10.1. The van der Waals surface area contributed by atoms with Gasteiger partial charge in [0.05, 0.1) is 23.6 Å². The molecule has 1 aromatic carbocycles. The van der Waals surface area contributed by atoms with Crippen LogP contribution < -0.4 is 0 Å². The lowest BCUT2D eigenvalue weighted by Crippen LogP contribution is -2.05. The van der Waals surface area contributed by atoms with Crippen molar-refractivity contribution in [2.75, 3.05) is 5.75 Å². The van der Waals surface area contributed by atoms with Crippen LogP contribution in [0.1, 0.15) is 31.0 Å². The van der Waals surface area contributed by atoms with Crippen LogP contribution in [0, 0.1) is 11.3 Å². The Bertz CT molecular complexity index is 701. The van der Waals surface area contributed by atoms with E-state index in [1.807, 2.05) is 30.5 Å². The van der Waals surface area contributed by atoms with E-state index in [0.717, 1.165) is 11.4 Å². The third-order valence-corrected chi connectivity index (χ3v) is 3.84. The molecule has 2 rings (SSSR count). The van der Waals surface area contributed by atoms with Crippen LogP contribution in [0.2, 0.25) is 0 Å². The van der Waals surface area contributed by atoms with E-state index in [1.165, 1.54) is 11.8 Å². The third-order valence-electron chi connectivity index (χ3n) is 2.91. The fourth-order valence-corrected chi connectivity index (χ4v) is 2.68. The molecule has 5 nitrogen and oxygen atoms in total. The van der Waals surface area contributed by atoms with Crippen LogP contribution in [-0.2, 0) is 4.79 Å². The van der Waals surface area contributed by atoms with Gasteiger partial charge in [-0.25, -0.2) is 4.98 Å². The van der Waals surface area contributed by atoms with Gasteiger partial charge in [0.25, 0.3) is 0 Å². The Balaban J connectivity index is 2.50. The topological polar surface area (TPSA) is 78.9 Å². The monoisotopic (exact) mass is 301 g/mol. The van der Waals surface area contributed by atoms with Crippen LogP contribution in [-0.4, -0.2) is 26.4 Å². The first-order chi connectivity index (χ1) is 10.0. The number of carbonyl (C=O) groups is 1. The maximum atomic E-state index is 10.8. The molecule has 0 amide bonds. The standard InChI is InChI=1S/C15H15N3O2S/c1-10(2)13-8-17-15(21-9-14(19)20)18(13)12-5-3-4-11(6-12)7-16/h3-6,8,10H,9H2,1-2H3,(H,19,20). The van der Waals surface area contributed by atoms with Crippen molar-refractivity contribution >= 4 is 17.7 Å². The lowest BCUT2D eigenvalue weighted by Gasteiger charge is -2.13. The number of benzene rings is 1. The summed E-state index contributed by atoms with van der Waals surface area (Å²) in [4.78, 5) is 15.1. The van der Waals surface area contributed by atoms with Crippen molar-refractivity contribution in [3.8, 4) is 11.8 Å². The summed E-state index contributed by atoms with van der Waals surface area (Å²) >= 11 is 1.17. The van der Waals surface area contributed by atoms with Crippen molar-refractivity contribution in [3.63, 3.8) is 0 Å². The van der Waals surface area contributed by atoms with Crippen molar-refractivity contribution in [3.05, 3.63) is 41.7 Å². The summed E-state index contributed by atoms with van der Waals surface area (Å²) in [6.07, 6.45) is 1.76. The second kappa shape index (κ2) is 6.46. The molecule has 1 aromatic heterocycles. The molecule has 0 radical (unpaired) electrons. The van der Waals surface area contributed by atoms with E-state index in [2.05, 4.69) is 11.1 Å². The van der Waals surface area contributed by atoms with Gasteiger partial charge in [-0.15, -0.1) is 0 Å². The van der Waals surface area contributed by atoms with Crippen LogP contribution in [0.25, 0.3) is 5.69 Å². The predicted molar refractivity (Wildman–Crippen MR) is 80.7 cm³/mol. The highest BCUT2D eigenvalue weighted by atomic mass is 32.2. The van der Waals surface area contributed by atoms with Gasteiger partial charge < -0.3 is 5.11 Å². The second-order valence-electron chi connectivity index (χ2n) is 4.80. The van der Waals surface area contributed by atoms with E-state index in [-0.39, 0.29) is 11.7 Å². The highest BCUT2D eigenvalue weighted by Crippen LogP contribution is 2.27. The van der Waals surface area contributed by atoms with Crippen LogP contribution in [0.3, 0.4) is 0 Å². The minimum absolute atomic E-state index is 0.0491. The Hall–Kier alpha value is -2.26. The molecular weight excluding hydrogens is 286 g/mol. The summed E-state index contributed by atoms with van der Waals surface area (Å²) in [6.45, 7) is 4.10. The molecule has 0 unspecified atom stereocenters. The molecule has 0 saturated heterocycles. The first-order valence-electron chi connectivity index (χ1n) is 6.45. The highest BCUT2D eigenvalue weighted by Gasteiger charge is 2.16. The maximum Gasteiger partial charge on any atom is 0.313 e. The van der Waals surface area contributed by atoms with Gasteiger partial charge in [-0.05, 0) is 24.1 Å². The number of nitrogens with zero attached hydrogens (tertiary/aromatic N) is 3. The molecule has 0 aliphatic heterocycles. The summed E-state index contributed by atoms with van der Waals surface area (Å²) in [5, 5.41) is 18.5. The minimum Gasteiger partial charge on any atom is -0.481 e. The zero-order valence-corrected chi connectivity index (χ0v) is 12.6. The summed E-state index contributed by atoms with van der Waals surface area (Å²) in [5.74, 6) is -0.694. The molecule has 108 valence electrons. The zero-order valence-electron chi connectivity index (χ0n) is 11.8. The van der Waals surface area contributed by atoms with Crippen LogP contribution >= 0.6 is 11.8 Å². The number of nitriles is 1. The SMILES string of the molecule is CC(C)c1cnc(SCC(=O)O)n1-c1cccc(C#N)c1. The third kappa shape index (κ3) is 3.44. The quantitative estimate of drug-likeness (QED) is 0.859. The number of hydrogen-bond acceptors (Lipinski definition) is 4. The number of aliphatic carboxylic acids is 1. The first-order valence-corrected chi connectivity index (χ1v) is 7.44. The minimum atomic E-state index is -0.883. The molecule has 0 saturated carbocycles. The number of rotatable bonds is 5. The summed E-state index contributed by atoms with van der Waals surface area (Å²) in [5.41, 5.74) is 2.37. The predicted octanol–water partition coefficient (Wildman–Crippen LogP) is 3.04. The molecule has 0 aliphatic rings. The second-order valence-corrected chi connectivity index (χ2v) is 5.74. The van der Waals surface area contributed by atoms with Gasteiger partial charge >= 0.3 is 5.97 Å². The van der Waals surface area contributed by atoms with Gasteiger partial charge in [-0.1, -0.05) is 31.7 Å². The van der Waals surface area contributed by atoms with Gasteiger partial charge in [0, 0.05) is 11.4 Å². The van der Waals surface area contributed by atoms with Gasteiger partial charge in [-0.3, -0.25) is 9.36 Å². The number of aromatic nitrogens is 2. The zero-order chi connectivity index (χ0) is 15.4. The Morgan fingerprint density at radius 3 is 2.90 bits per heavy atom. The van der Waals surface area contributed by atoms with E-state index in [9.17, 15) is 4.79 Å². The van der Waals surface area contributed by atoms with E-state index in [1.54, 1.807) is 18.3 Å². The van der Waals surface area contributed by atoms with Crippen molar-refractivity contribution < 1.29 is 9.90 Å². The molecule has 1 heterocycles. The normalized spacial score (nSPS) is 10.6. The molecule has 21 heavy (non-hydrogen) atoms. The smallest absolute Gasteiger partial charge is 0.313 e. The van der Waals surface area contributed by atoms with E-state index < -0.39 is 5.97 Å². The molecular formula is C15H15N3O2S. The van der Waals surface area contributed by atoms with Gasteiger partial charge in [-0.2, -0.15) is 5.26 Å². The average molecular weight is 301 g/mol. The number of imidazole rings is 1. The number of hydrogen-bond donors (Lipinski definition) is 1. The highest BCUT2D eigenvalue weighted by molar-refractivity contribution is 7.99. The summed E-state index contributed by atoms with van der Waals surface area (Å²) in [6, 6.07) is 9.32. The van der Waals surface area contributed by atoms with Crippen molar-refractivity contribution in [1.29, 1.82) is 5.26 Å². The molecule has 0 spiro atoms. The number of carboxylic acids is 1. The molecule has 2 aromatic rings. The Morgan fingerprint density at radius 2 is 2.29 bits per heavy atom. The molecule has 1 N–H and O–H groups in total. The van der Waals surface area contributed by atoms with Crippen molar-refractivity contribution in [2.24, 2.45) is 0 Å². The van der Waals surface area contributed by atoms with E-state index >= 15 is 0 Å². The lowest BCUT2D eigenvalue weighted by molar-refractivity contribution is -0.133. The largest absolute Gasteiger partial charge is 0.481 e. The van der Waals surface area contributed by atoms with Crippen LogP contribution in [0.15, 0.2) is 35.6 Å². The first kappa shape index (κ1) is 15.1. The Kier molecular flexibility index (Phi) is 4.66. The number of carboxylic acid groups (broad SMARTS) is 1. The van der Waals surface area contributed by atoms with E-state index in [0.29, 0.717) is 10.7 Å². The molecule has 6 heteroatoms. The molecule has 0 aliphatic carbocycles. The Morgan fingerprint density at radius 1 is 1.52 bits per heavy atom.